The van der Waals surface area contributed by atoms with Gasteiger partial charge in [0, 0.05) is 18.9 Å². The second-order valence-corrected chi connectivity index (χ2v) is 9.99. The molecular weight excluding hydrogens is 282 g/mol. The number of Topliss-reactive ketones (excluding diaryl/α,β-unsaturated/α-hetero) is 1. The van der Waals surface area contributed by atoms with E-state index in [9.17, 15) is 4.79 Å². The van der Waals surface area contributed by atoms with Gasteiger partial charge in [-0.3, -0.25) is 4.79 Å². The third-order valence-corrected chi connectivity index (χ3v) is 9.19. The minimum Gasteiger partial charge on any atom is -0.328 e. The number of fused-ring (bicyclic) bond motifs is 5. The lowest BCUT2D eigenvalue weighted by molar-refractivity contribution is -0.139. The molecule has 4 fully saturated rings. The number of hydrogen-bond acceptors (Lipinski definition) is 2. The topological polar surface area (TPSA) is 43.1 Å². The molecular formula is C21H35NO. The maximum absolute atomic E-state index is 12.0. The maximum atomic E-state index is 12.0. The van der Waals surface area contributed by atoms with Gasteiger partial charge in [-0.1, -0.05) is 13.8 Å². The van der Waals surface area contributed by atoms with Crippen LogP contribution < -0.4 is 5.73 Å². The van der Waals surface area contributed by atoms with Crippen LogP contribution in [0, 0.1) is 40.4 Å². The normalized spacial score (nSPS) is 54.1. The summed E-state index contributed by atoms with van der Waals surface area (Å²) < 4.78 is 0. The van der Waals surface area contributed by atoms with Crippen molar-refractivity contribution in [3.05, 3.63) is 0 Å². The average molecular weight is 318 g/mol. The second kappa shape index (κ2) is 5.31. The fourth-order valence-corrected chi connectivity index (χ4v) is 7.95. The molecule has 0 amide bonds. The number of hydrogen-bond donors (Lipinski definition) is 1. The maximum Gasteiger partial charge on any atom is 0.133 e. The van der Waals surface area contributed by atoms with E-state index in [1.807, 2.05) is 0 Å². The smallest absolute Gasteiger partial charge is 0.133 e. The van der Waals surface area contributed by atoms with E-state index in [0.717, 1.165) is 42.9 Å². The van der Waals surface area contributed by atoms with Crippen LogP contribution in [-0.2, 0) is 4.79 Å². The quantitative estimate of drug-likeness (QED) is 0.770. The molecule has 4 aliphatic rings. The summed E-state index contributed by atoms with van der Waals surface area (Å²) >= 11 is 0. The van der Waals surface area contributed by atoms with Crippen LogP contribution in [0.1, 0.15) is 78.6 Å². The fraction of sp³-hybridized carbons (Fsp3) is 0.952. The van der Waals surface area contributed by atoms with Crippen LogP contribution in [0.5, 0.6) is 0 Å². The zero-order valence-corrected chi connectivity index (χ0v) is 15.3. The fourth-order valence-electron chi connectivity index (χ4n) is 7.95. The van der Waals surface area contributed by atoms with Crippen LogP contribution in [0.3, 0.4) is 0 Å². The van der Waals surface area contributed by atoms with E-state index < -0.39 is 0 Å². The van der Waals surface area contributed by atoms with Crippen LogP contribution in [-0.4, -0.2) is 11.8 Å². The lowest BCUT2D eigenvalue weighted by Crippen LogP contribution is -2.54. The van der Waals surface area contributed by atoms with Crippen molar-refractivity contribution in [2.45, 2.75) is 84.6 Å². The average Bonchev–Trinajstić information content (AvgIpc) is 2.85. The number of carbonyl (C=O) groups is 1. The van der Waals surface area contributed by atoms with Crippen LogP contribution in [0.4, 0.5) is 0 Å². The lowest BCUT2D eigenvalue weighted by atomic mass is 9.44. The molecule has 2 nitrogen and oxygen atoms in total. The molecule has 0 bridgehead atoms. The van der Waals surface area contributed by atoms with Crippen molar-refractivity contribution in [1.29, 1.82) is 0 Å². The largest absolute Gasteiger partial charge is 0.328 e. The first-order chi connectivity index (χ1) is 10.9. The van der Waals surface area contributed by atoms with E-state index in [2.05, 4.69) is 20.8 Å². The van der Waals surface area contributed by atoms with Crippen molar-refractivity contribution in [3.8, 4) is 0 Å². The SMILES string of the molecule is C[C@@H](N)[C@H]1CC[C@H]2[C@@H]3CC[C@H]4CC(=O)CC[C@]4(C)[C@H]3CC[C@]12C. The standard InChI is InChI=1S/C21H35NO/c1-13(22)17-6-7-18-16-5-4-14-12-15(23)8-10-20(14,2)19(16)9-11-21(17,18)3/h13-14,16-19H,4-12,22H2,1-3H3/t13-,14+,16+,17-,18+,19+,20+,21-/m1/s1. The Balaban J connectivity index is 1.61. The monoisotopic (exact) mass is 317 g/mol. The zero-order chi connectivity index (χ0) is 16.4. The Bertz CT molecular complexity index is 500. The summed E-state index contributed by atoms with van der Waals surface area (Å²) in [5.74, 6) is 4.62. The summed E-state index contributed by atoms with van der Waals surface area (Å²) in [6.07, 6.45) is 11.1. The van der Waals surface area contributed by atoms with Gasteiger partial charge in [0.1, 0.15) is 5.78 Å². The highest BCUT2D eigenvalue weighted by Gasteiger charge is 2.60. The predicted octanol–water partition coefficient (Wildman–Crippen LogP) is 4.56. The van der Waals surface area contributed by atoms with Crippen molar-refractivity contribution in [2.24, 2.45) is 46.2 Å². The summed E-state index contributed by atoms with van der Waals surface area (Å²) in [5.41, 5.74) is 7.31. The molecule has 2 N–H and O–H groups in total. The van der Waals surface area contributed by atoms with Crippen molar-refractivity contribution in [1.82, 2.24) is 0 Å². The Hall–Kier alpha value is -0.370. The first-order valence-electron chi connectivity index (χ1n) is 10.1. The first-order valence-corrected chi connectivity index (χ1v) is 10.1. The first kappa shape index (κ1) is 16.1. The summed E-state index contributed by atoms with van der Waals surface area (Å²) in [6.45, 7) is 7.34. The minimum atomic E-state index is 0.348. The number of carbonyl (C=O) groups excluding carboxylic acids is 1. The van der Waals surface area contributed by atoms with Gasteiger partial charge in [-0.15, -0.1) is 0 Å². The van der Waals surface area contributed by atoms with Gasteiger partial charge >= 0.3 is 0 Å². The molecule has 0 aromatic rings. The summed E-state index contributed by atoms with van der Waals surface area (Å²) in [6, 6.07) is 0.348. The summed E-state index contributed by atoms with van der Waals surface area (Å²) in [5, 5.41) is 0. The molecule has 130 valence electrons. The van der Waals surface area contributed by atoms with Crippen molar-refractivity contribution in [2.75, 3.05) is 0 Å². The number of nitrogens with two attached hydrogens (primary N) is 1. The Morgan fingerprint density at radius 2 is 1.74 bits per heavy atom. The Labute approximate surface area is 142 Å². The van der Waals surface area contributed by atoms with E-state index in [1.165, 1.54) is 38.5 Å². The van der Waals surface area contributed by atoms with Crippen LogP contribution in [0.2, 0.25) is 0 Å². The Morgan fingerprint density at radius 3 is 2.48 bits per heavy atom. The molecule has 8 atom stereocenters. The van der Waals surface area contributed by atoms with E-state index in [1.54, 1.807) is 0 Å². The molecule has 0 radical (unpaired) electrons. The molecule has 0 aromatic carbocycles. The van der Waals surface area contributed by atoms with Crippen molar-refractivity contribution >= 4 is 5.78 Å². The van der Waals surface area contributed by atoms with Gasteiger partial charge in [0.2, 0.25) is 0 Å². The highest BCUT2D eigenvalue weighted by molar-refractivity contribution is 5.79. The molecule has 0 spiro atoms. The third-order valence-electron chi connectivity index (χ3n) is 9.19. The molecule has 4 rings (SSSR count). The van der Waals surface area contributed by atoms with Gasteiger partial charge in [-0.2, -0.15) is 0 Å². The highest BCUT2D eigenvalue weighted by atomic mass is 16.1. The van der Waals surface area contributed by atoms with Crippen molar-refractivity contribution in [3.63, 3.8) is 0 Å². The Morgan fingerprint density at radius 1 is 1.00 bits per heavy atom. The zero-order valence-electron chi connectivity index (χ0n) is 15.3. The molecule has 0 saturated heterocycles. The van der Waals surface area contributed by atoms with Gasteiger partial charge in [-0.05, 0) is 92.3 Å². The van der Waals surface area contributed by atoms with Gasteiger partial charge in [0.25, 0.3) is 0 Å². The molecule has 2 heteroatoms. The predicted molar refractivity (Wildman–Crippen MR) is 93.9 cm³/mol. The minimum absolute atomic E-state index is 0.348. The molecule has 4 saturated carbocycles. The van der Waals surface area contributed by atoms with Gasteiger partial charge in [0.05, 0.1) is 0 Å². The number of rotatable bonds is 1. The summed E-state index contributed by atoms with van der Waals surface area (Å²) in [7, 11) is 0. The molecule has 0 unspecified atom stereocenters. The van der Waals surface area contributed by atoms with Gasteiger partial charge < -0.3 is 5.73 Å². The third kappa shape index (κ3) is 2.19. The van der Waals surface area contributed by atoms with Crippen molar-refractivity contribution < 1.29 is 4.79 Å². The highest BCUT2D eigenvalue weighted by Crippen LogP contribution is 2.67. The van der Waals surface area contributed by atoms with Gasteiger partial charge in [-0.25, -0.2) is 0 Å². The molecule has 4 aliphatic carbocycles. The molecule has 0 heterocycles. The second-order valence-electron chi connectivity index (χ2n) is 9.99. The lowest BCUT2D eigenvalue weighted by Gasteiger charge is -2.60. The molecule has 0 aliphatic heterocycles. The van der Waals surface area contributed by atoms with Gasteiger partial charge in [0.15, 0.2) is 0 Å². The van der Waals surface area contributed by atoms with E-state index >= 15 is 0 Å². The van der Waals surface area contributed by atoms with E-state index in [-0.39, 0.29) is 0 Å². The Kier molecular flexibility index (Phi) is 3.72. The summed E-state index contributed by atoms with van der Waals surface area (Å²) in [4.78, 5) is 12.0. The number of ketones is 1. The van der Waals surface area contributed by atoms with E-state index in [4.69, 9.17) is 5.73 Å². The molecule has 0 aromatic heterocycles. The van der Waals surface area contributed by atoms with Crippen LogP contribution in [0.25, 0.3) is 0 Å². The van der Waals surface area contributed by atoms with Crippen LogP contribution >= 0.6 is 0 Å². The van der Waals surface area contributed by atoms with Crippen LogP contribution in [0.15, 0.2) is 0 Å². The van der Waals surface area contributed by atoms with E-state index in [0.29, 0.717) is 28.6 Å². The molecule has 23 heavy (non-hydrogen) atoms.